The number of halogens is 1. The first-order valence-electron chi connectivity index (χ1n) is 7.57. The van der Waals surface area contributed by atoms with E-state index >= 15 is 0 Å². The van der Waals surface area contributed by atoms with Crippen LogP contribution in [0.2, 0.25) is 0 Å². The van der Waals surface area contributed by atoms with E-state index in [1.54, 1.807) is 0 Å². The van der Waals surface area contributed by atoms with Crippen LogP contribution in [-0.2, 0) is 12.8 Å². The lowest BCUT2D eigenvalue weighted by Crippen LogP contribution is -2.16. The summed E-state index contributed by atoms with van der Waals surface area (Å²) < 4.78 is 13.7. The monoisotopic (exact) mass is 321 g/mol. The van der Waals surface area contributed by atoms with Gasteiger partial charge in [0.05, 0.1) is 5.56 Å². The Morgan fingerprint density at radius 3 is 2.54 bits per heavy atom. The lowest BCUT2D eigenvalue weighted by Gasteiger charge is -2.10. The van der Waals surface area contributed by atoms with E-state index in [2.05, 4.69) is 4.98 Å². The van der Waals surface area contributed by atoms with Gasteiger partial charge in [0.15, 0.2) is 0 Å². The highest BCUT2D eigenvalue weighted by molar-refractivity contribution is 5.99. The predicted molar refractivity (Wildman–Crippen MR) is 94.1 cm³/mol. The highest BCUT2D eigenvalue weighted by atomic mass is 19.1. The van der Waals surface area contributed by atoms with Crippen LogP contribution in [0.1, 0.15) is 22.4 Å². The molecule has 0 fully saturated rings. The molecule has 5 heteroatoms. The van der Waals surface area contributed by atoms with Gasteiger partial charge < -0.3 is 15.8 Å². The van der Waals surface area contributed by atoms with E-state index in [4.69, 9.17) is 10.8 Å². The zero-order chi connectivity index (χ0) is 17.1. The summed E-state index contributed by atoms with van der Waals surface area (Å²) in [7, 11) is 0. The highest BCUT2D eigenvalue weighted by Gasteiger charge is 2.11. The molecule has 3 N–H and O–H groups in total. The molecule has 0 spiro atoms. The van der Waals surface area contributed by atoms with E-state index < -0.39 is 0 Å². The smallest absolute Gasteiger partial charge is 0.257 e. The van der Waals surface area contributed by atoms with Crippen molar-refractivity contribution in [3.05, 3.63) is 81.0 Å². The second-order valence-corrected chi connectivity index (χ2v) is 5.52. The summed E-state index contributed by atoms with van der Waals surface area (Å²) in [4.78, 5) is 14.9. The van der Waals surface area contributed by atoms with E-state index in [1.165, 1.54) is 24.4 Å². The molecule has 3 aromatic rings. The van der Waals surface area contributed by atoms with Crippen LogP contribution in [0.5, 0.6) is 0 Å². The average Bonchev–Trinajstić information content (AvgIpc) is 2.60. The Morgan fingerprint density at radius 2 is 1.79 bits per heavy atom. The zero-order valence-corrected chi connectivity index (χ0v) is 12.9. The minimum absolute atomic E-state index is 0.230. The minimum Gasteiger partial charge on any atom is -0.325 e. The van der Waals surface area contributed by atoms with Crippen LogP contribution in [0.4, 0.5) is 4.39 Å². The van der Waals surface area contributed by atoms with Crippen molar-refractivity contribution in [1.82, 2.24) is 4.98 Å². The Hall–Kier alpha value is -3.08. The minimum atomic E-state index is -0.383. The SMILES string of the molecule is N=Cc1ccccc1CCc1[nH]c(=O)c(C=N)c2ccc(F)cc12. The summed E-state index contributed by atoms with van der Waals surface area (Å²) in [6.07, 6.45) is 3.43. The third-order valence-electron chi connectivity index (χ3n) is 4.11. The Bertz CT molecular complexity index is 992. The number of pyridine rings is 1. The normalized spacial score (nSPS) is 10.7. The third kappa shape index (κ3) is 2.88. The molecule has 2 aromatic carbocycles. The van der Waals surface area contributed by atoms with Crippen LogP contribution in [0.3, 0.4) is 0 Å². The number of hydrogen-bond acceptors (Lipinski definition) is 3. The Morgan fingerprint density at radius 1 is 1.00 bits per heavy atom. The van der Waals surface area contributed by atoms with Gasteiger partial charge in [-0.15, -0.1) is 0 Å². The van der Waals surface area contributed by atoms with Crippen molar-refractivity contribution in [1.29, 1.82) is 10.8 Å². The van der Waals surface area contributed by atoms with Gasteiger partial charge in [-0.3, -0.25) is 4.79 Å². The summed E-state index contributed by atoms with van der Waals surface area (Å²) in [5.74, 6) is -0.383. The summed E-state index contributed by atoms with van der Waals surface area (Å²) in [5.41, 5.74) is 2.34. The van der Waals surface area contributed by atoms with E-state index in [-0.39, 0.29) is 16.9 Å². The molecular weight excluding hydrogens is 305 g/mol. The van der Waals surface area contributed by atoms with E-state index in [0.717, 1.165) is 17.3 Å². The average molecular weight is 321 g/mol. The van der Waals surface area contributed by atoms with E-state index in [9.17, 15) is 9.18 Å². The molecule has 0 saturated heterocycles. The summed E-state index contributed by atoms with van der Waals surface area (Å²) >= 11 is 0. The van der Waals surface area contributed by atoms with Gasteiger partial charge in [-0.1, -0.05) is 30.3 Å². The fraction of sp³-hybridized carbons (Fsp3) is 0.105. The number of aromatic nitrogens is 1. The maximum absolute atomic E-state index is 13.7. The van der Waals surface area contributed by atoms with Crippen molar-refractivity contribution in [3.63, 3.8) is 0 Å². The molecule has 120 valence electrons. The Balaban J connectivity index is 2.06. The molecule has 0 amide bonds. The van der Waals surface area contributed by atoms with Gasteiger partial charge in [0.2, 0.25) is 0 Å². The van der Waals surface area contributed by atoms with Gasteiger partial charge in [0.25, 0.3) is 5.56 Å². The van der Waals surface area contributed by atoms with Crippen molar-refractivity contribution in [2.24, 2.45) is 0 Å². The number of aromatic amines is 1. The Kier molecular flexibility index (Phi) is 4.33. The molecular formula is C19H16FN3O. The van der Waals surface area contributed by atoms with Crippen LogP contribution in [0.25, 0.3) is 10.8 Å². The van der Waals surface area contributed by atoms with Crippen molar-refractivity contribution in [2.75, 3.05) is 0 Å². The van der Waals surface area contributed by atoms with Crippen LogP contribution in [0.15, 0.2) is 47.3 Å². The van der Waals surface area contributed by atoms with Crippen LogP contribution >= 0.6 is 0 Å². The number of nitrogens with one attached hydrogen (secondary N) is 3. The molecule has 0 aliphatic heterocycles. The van der Waals surface area contributed by atoms with Crippen molar-refractivity contribution in [3.8, 4) is 0 Å². The molecule has 0 aliphatic rings. The first-order chi connectivity index (χ1) is 11.6. The Labute approximate surface area is 138 Å². The molecule has 0 radical (unpaired) electrons. The van der Waals surface area contributed by atoms with Gasteiger partial charge in [-0.05, 0) is 41.5 Å². The summed E-state index contributed by atoms with van der Waals surface area (Å²) in [6.45, 7) is 0. The molecule has 0 atom stereocenters. The molecule has 24 heavy (non-hydrogen) atoms. The number of aryl methyl sites for hydroxylation is 2. The molecule has 1 aromatic heterocycles. The fourth-order valence-electron chi connectivity index (χ4n) is 2.90. The second-order valence-electron chi connectivity index (χ2n) is 5.52. The van der Waals surface area contributed by atoms with Crippen LogP contribution < -0.4 is 5.56 Å². The van der Waals surface area contributed by atoms with Gasteiger partial charge >= 0.3 is 0 Å². The standard InChI is InChI=1S/C19H16FN3O/c20-14-6-7-15-16(9-14)18(23-19(24)17(15)11-22)8-5-12-3-1-2-4-13(12)10-21/h1-4,6-7,9-11,21-22H,5,8H2,(H,23,24). The lowest BCUT2D eigenvalue weighted by atomic mass is 9.98. The van der Waals surface area contributed by atoms with Crippen LogP contribution in [-0.4, -0.2) is 17.4 Å². The first-order valence-corrected chi connectivity index (χ1v) is 7.57. The zero-order valence-electron chi connectivity index (χ0n) is 12.9. The maximum Gasteiger partial charge on any atom is 0.257 e. The number of rotatable bonds is 5. The van der Waals surface area contributed by atoms with Crippen LogP contribution in [0, 0.1) is 16.6 Å². The van der Waals surface area contributed by atoms with E-state index in [0.29, 0.717) is 29.3 Å². The first kappa shape index (κ1) is 15.8. The highest BCUT2D eigenvalue weighted by Crippen LogP contribution is 2.21. The van der Waals surface area contributed by atoms with Crippen molar-refractivity contribution < 1.29 is 4.39 Å². The molecule has 0 bridgehead atoms. The van der Waals surface area contributed by atoms with Gasteiger partial charge in [-0.2, -0.15) is 0 Å². The predicted octanol–water partition coefficient (Wildman–Crippen LogP) is 3.45. The molecule has 1 heterocycles. The van der Waals surface area contributed by atoms with E-state index in [1.807, 2.05) is 24.3 Å². The van der Waals surface area contributed by atoms with Gasteiger partial charge in [0, 0.05) is 23.5 Å². The summed E-state index contributed by atoms with van der Waals surface area (Å²) in [5, 5.41) is 16.1. The molecule has 0 aliphatic carbocycles. The van der Waals surface area contributed by atoms with Gasteiger partial charge in [-0.25, -0.2) is 4.39 Å². The molecule has 0 saturated carbocycles. The molecule has 0 unspecified atom stereocenters. The quantitative estimate of drug-likeness (QED) is 0.618. The summed E-state index contributed by atoms with van der Waals surface area (Å²) in [6, 6.07) is 11.8. The topological polar surface area (TPSA) is 80.6 Å². The van der Waals surface area contributed by atoms with Crippen molar-refractivity contribution >= 4 is 23.2 Å². The fourth-order valence-corrected chi connectivity index (χ4v) is 2.90. The second kappa shape index (κ2) is 6.58. The van der Waals surface area contributed by atoms with Gasteiger partial charge in [0.1, 0.15) is 5.82 Å². The lowest BCUT2D eigenvalue weighted by molar-refractivity contribution is 0.629. The third-order valence-corrected chi connectivity index (χ3v) is 4.11. The number of fused-ring (bicyclic) bond motifs is 1. The number of H-pyrrole nitrogens is 1. The molecule has 3 rings (SSSR count). The number of benzene rings is 2. The molecule has 4 nitrogen and oxygen atoms in total. The van der Waals surface area contributed by atoms with Crippen molar-refractivity contribution in [2.45, 2.75) is 12.8 Å². The largest absolute Gasteiger partial charge is 0.325 e. The number of hydrogen-bond donors (Lipinski definition) is 3. The maximum atomic E-state index is 13.7.